The Bertz CT molecular complexity index is 875. The zero-order valence-corrected chi connectivity index (χ0v) is 12.7. The highest BCUT2D eigenvalue weighted by atomic mass is 16.3. The molecule has 0 bridgehead atoms. The number of nitrogens with one attached hydrogen (secondary N) is 1. The number of carbonyl (C=O) groups is 1. The molecule has 23 heavy (non-hydrogen) atoms. The van der Waals surface area contributed by atoms with Crippen LogP contribution < -0.4 is 5.32 Å². The van der Waals surface area contributed by atoms with Crippen LogP contribution in [0.25, 0.3) is 16.6 Å². The number of carbonyl (C=O) groups excluding carboxylic acids is 1. The van der Waals surface area contributed by atoms with E-state index < -0.39 is 0 Å². The maximum Gasteiger partial charge on any atom is 0.238 e. The molecule has 1 aliphatic heterocycles. The number of rotatable bonds is 3. The van der Waals surface area contributed by atoms with Crippen LogP contribution in [0.4, 0.5) is 0 Å². The van der Waals surface area contributed by atoms with E-state index in [0.29, 0.717) is 5.76 Å². The van der Waals surface area contributed by atoms with Gasteiger partial charge in [0.05, 0.1) is 23.7 Å². The molecule has 0 amide bonds. The van der Waals surface area contributed by atoms with E-state index in [2.05, 4.69) is 16.4 Å². The number of hydrogen-bond donors (Lipinski definition) is 1. The van der Waals surface area contributed by atoms with Gasteiger partial charge < -0.3 is 9.73 Å². The summed E-state index contributed by atoms with van der Waals surface area (Å²) in [7, 11) is 0. The summed E-state index contributed by atoms with van der Waals surface area (Å²) in [6, 6.07) is 7.41. The summed E-state index contributed by atoms with van der Waals surface area (Å²) in [5.74, 6) is 0.655. The molecule has 0 unspecified atom stereocenters. The second kappa shape index (κ2) is 5.85. The summed E-state index contributed by atoms with van der Waals surface area (Å²) in [5, 5.41) is 3.31. The maximum atomic E-state index is 12.7. The Hall–Kier alpha value is -2.66. The normalized spacial score (nSPS) is 14.9. The van der Waals surface area contributed by atoms with Gasteiger partial charge in [-0.2, -0.15) is 0 Å². The van der Waals surface area contributed by atoms with Gasteiger partial charge in [-0.3, -0.25) is 14.3 Å². The Morgan fingerprint density at radius 3 is 3.09 bits per heavy atom. The van der Waals surface area contributed by atoms with Crippen LogP contribution >= 0.6 is 0 Å². The monoisotopic (exact) mass is 307 g/mol. The third-order valence-corrected chi connectivity index (χ3v) is 4.14. The van der Waals surface area contributed by atoms with E-state index in [1.165, 1.54) is 5.57 Å². The summed E-state index contributed by atoms with van der Waals surface area (Å²) < 4.78 is 6.99. The molecule has 1 N–H and O–H groups in total. The summed E-state index contributed by atoms with van der Waals surface area (Å²) in [4.78, 5) is 17.2. The molecule has 5 nitrogen and oxygen atoms in total. The van der Waals surface area contributed by atoms with Crippen molar-refractivity contribution >= 4 is 22.5 Å². The van der Waals surface area contributed by atoms with Crippen LogP contribution in [-0.2, 0) is 6.42 Å². The molecular formula is C18H17N3O2. The highest BCUT2D eigenvalue weighted by molar-refractivity contribution is 5.97. The van der Waals surface area contributed by atoms with Gasteiger partial charge in [-0.15, -0.1) is 0 Å². The Morgan fingerprint density at radius 1 is 1.35 bits per heavy atom. The second-order valence-corrected chi connectivity index (χ2v) is 5.62. The highest BCUT2D eigenvalue weighted by Crippen LogP contribution is 2.28. The van der Waals surface area contributed by atoms with Crippen molar-refractivity contribution in [2.24, 2.45) is 0 Å². The zero-order chi connectivity index (χ0) is 15.6. The van der Waals surface area contributed by atoms with E-state index in [1.807, 2.05) is 24.4 Å². The Morgan fingerprint density at radius 2 is 2.30 bits per heavy atom. The summed E-state index contributed by atoms with van der Waals surface area (Å²) in [5.41, 5.74) is 4.03. The summed E-state index contributed by atoms with van der Waals surface area (Å²) in [6.07, 6.45) is 8.64. The fraction of sp³-hybridized carbons (Fsp3) is 0.222. The van der Waals surface area contributed by atoms with Crippen molar-refractivity contribution in [2.75, 3.05) is 13.1 Å². The Kier molecular flexibility index (Phi) is 3.55. The topological polar surface area (TPSA) is 60.1 Å². The predicted molar refractivity (Wildman–Crippen MR) is 88.2 cm³/mol. The van der Waals surface area contributed by atoms with Crippen LogP contribution in [0.5, 0.6) is 0 Å². The molecular weight excluding hydrogens is 290 g/mol. The van der Waals surface area contributed by atoms with Gasteiger partial charge >= 0.3 is 0 Å². The smallest absolute Gasteiger partial charge is 0.238 e. The lowest BCUT2D eigenvalue weighted by molar-refractivity contribution is 0.0913. The number of pyridine rings is 1. The van der Waals surface area contributed by atoms with Crippen LogP contribution in [0, 0.1) is 0 Å². The SMILES string of the molecule is O=C(Cc1ccco1)n1cc(C2=CCNCC2)c2ncccc21. The largest absolute Gasteiger partial charge is 0.469 e. The average molecular weight is 307 g/mol. The molecule has 116 valence electrons. The van der Waals surface area contributed by atoms with Gasteiger partial charge in [-0.05, 0) is 42.8 Å². The number of hydrogen-bond acceptors (Lipinski definition) is 4. The lowest BCUT2D eigenvalue weighted by Crippen LogP contribution is -2.20. The third-order valence-electron chi connectivity index (χ3n) is 4.14. The molecule has 4 rings (SSSR count). The van der Waals surface area contributed by atoms with Crippen LogP contribution in [0.15, 0.2) is 53.4 Å². The maximum absolute atomic E-state index is 12.7. The lowest BCUT2D eigenvalue weighted by atomic mass is 10.0. The molecule has 0 saturated carbocycles. The van der Waals surface area contributed by atoms with E-state index in [1.54, 1.807) is 23.1 Å². The van der Waals surface area contributed by atoms with Crippen molar-refractivity contribution in [1.82, 2.24) is 14.9 Å². The van der Waals surface area contributed by atoms with Gasteiger partial charge in [0.15, 0.2) is 0 Å². The molecule has 0 saturated heterocycles. The molecule has 0 aliphatic carbocycles. The molecule has 5 heteroatoms. The molecule has 1 aliphatic rings. The first-order valence-electron chi connectivity index (χ1n) is 7.75. The van der Waals surface area contributed by atoms with Crippen LogP contribution in [0.2, 0.25) is 0 Å². The molecule has 0 fully saturated rings. The Balaban J connectivity index is 1.78. The lowest BCUT2D eigenvalue weighted by Gasteiger charge is -2.12. The minimum atomic E-state index is -0.0151. The third kappa shape index (κ3) is 2.59. The first kappa shape index (κ1) is 14.0. The zero-order valence-electron chi connectivity index (χ0n) is 12.7. The number of furan rings is 1. The average Bonchev–Trinajstić information content (AvgIpc) is 3.23. The fourth-order valence-corrected chi connectivity index (χ4v) is 3.01. The van der Waals surface area contributed by atoms with Crippen molar-refractivity contribution in [3.8, 4) is 0 Å². The molecule has 3 aromatic heterocycles. The summed E-state index contributed by atoms with van der Waals surface area (Å²) in [6.45, 7) is 1.81. The van der Waals surface area contributed by atoms with Gasteiger partial charge in [0.2, 0.25) is 5.91 Å². The number of nitrogens with zero attached hydrogens (tertiary/aromatic N) is 2. The van der Waals surface area contributed by atoms with Crippen LogP contribution in [0.1, 0.15) is 22.5 Å². The first-order chi connectivity index (χ1) is 11.3. The van der Waals surface area contributed by atoms with E-state index in [0.717, 1.165) is 36.1 Å². The Labute approximate surface area is 133 Å². The van der Waals surface area contributed by atoms with E-state index in [4.69, 9.17) is 4.42 Å². The van der Waals surface area contributed by atoms with E-state index in [-0.39, 0.29) is 12.3 Å². The van der Waals surface area contributed by atoms with Gasteiger partial charge in [-0.1, -0.05) is 6.08 Å². The molecule has 0 aromatic carbocycles. The van der Waals surface area contributed by atoms with Crippen LogP contribution in [-0.4, -0.2) is 28.5 Å². The van der Waals surface area contributed by atoms with Gasteiger partial charge in [-0.25, -0.2) is 0 Å². The number of aromatic nitrogens is 2. The van der Waals surface area contributed by atoms with Crippen molar-refractivity contribution in [3.05, 3.63) is 60.3 Å². The molecule has 0 radical (unpaired) electrons. The second-order valence-electron chi connectivity index (χ2n) is 5.62. The van der Waals surface area contributed by atoms with Gasteiger partial charge in [0.25, 0.3) is 0 Å². The number of fused-ring (bicyclic) bond motifs is 1. The minimum Gasteiger partial charge on any atom is -0.469 e. The fourth-order valence-electron chi connectivity index (χ4n) is 3.01. The molecule has 4 heterocycles. The molecule has 0 atom stereocenters. The highest BCUT2D eigenvalue weighted by Gasteiger charge is 2.18. The van der Waals surface area contributed by atoms with E-state index >= 15 is 0 Å². The molecule has 0 spiro atoms. The van der Waals surface area contributed by atoms with Crippen LogP contribution in [0.3, 0.4) is 0 Å². The standard InChI is InChI=1S/C18H17N3O2/c22-17(11-14-3-2-10-23-14)21-12-15(13-5-8-19-9-6-13)18-16(21)4-1-7-20-18/h1-5,7,10,12,19H,6,8-9,11H2. The van der Waals surface area contributed by atoms with Gasteiger partial charge in [0.1, 0.15) is 5.76 Å². The quantitative estimate of drug-likeness (QED) is 0.808. The summed E-state index contributed by atoms with van der Waals surface area (Å²) >= 11 is 0. The minimum absolute atomic E-state index is 0.0151. The van der Waals surface area contributed by atoms with Gasteiger partial charge in [0, 0.05) is 24.5 Å². The van der Waals surface area contributed by atoms with Crippen molar-refractivity contribution in [3.63, 3.8) is 0 Å². The predicted octanol–water partition coefficient (Wildman–Crippen LogP) is 2.89. The van der Waals surface area contributed by atoms with Crippen molar-refractivity contribution in [2.45, 2.75) is 12.8 Å². The molecule has 3 aromatic rings. The van der Waals surface area contributed by atoms with Crippen molar-refractivity contribution < 1.29 is 9.21 Å². The first-order valence-corrected chi connectivity index (χ1v) is 7.75. The van der Waals surface area contributed by atoms with Crippen molar-refractivity contribution in [1.29, 1.82) is 0 Å². The van der Waals surface area contributed by atoms with E-state index in [9.17, 15) is 4.79 Å².